The molecule has 5 heteroatoms. The van der Waals surface area contributed by atoms with E-state index in [4.69, 9.17) is 15.2 Å². The van der Waals surface area contributed by atoms with Crippen molar-refractivity contribution >= 4 is 11.6 Å². The topological polar surface area (TPSA) is 64.8 Å². The van der Waals surface area contributed by atoms with Crippen molar-refractivity contribution in [2.75, 3.05) is 33.0 Å². The van der Waals surface area contributed by atoms with Crippen molar-refractivity contribution in [3.05, 3.63) is 17.7 Å². The van der Waals surface area contributed by atoms with Crippen LogP contribution in [0.3, 0.4) is 0 Å². The molecular weight excluding hydrogens is 256 g/mol. The molecular formula is C15H22N2O3. The Balaban J connectivity index is 2.28. The minimum atomic E-state index is 0.00389. The van der Waals surface area contributed by atoms with Crippen LogP contribution in [0.5, 0.6) is 11.5 Å². The van der Waals surface area contributed by atoms with Crippen molar-refractivity contribution in [1.29, 1.82) is 0 Å². The molecule has 0 radical (unpaired) electrons. The Bertz CT molecular complexity index is 502. The highest BCUT2D eigenvalue weighted by molar-refractivity contribution is 5.96. The van der Waals surface area contributed by atoms with Gasteiger partial charge in [-0.3, -0.25) is 4.79 Å². The predicted octanol–water partition coefficient (Wildman–Crippen LogP) is 2.16. The lowest BCUT2D eigenvalue weighted by atomic mass is 9.99. The molecule has 20 heavy (non-hydrogen) atoms. The van der Waals surface area contributed by atoms with Gasteiger partial charge in [0.25, 0.3) is 5.91 Å². The number of rotatable bonds is 3. The molecule has 1 unspecified atom stereocenters. The number of nitrogen functional groups attached to an aromatic ring is 1. The average Bonchev–Trinajstić information content (AvgIpc) is 2.45. The van der Waals surface area contributed by atoms with Gasteiger partial charge >= 0.3 is 0 Å². The molecule has 0 aromatic heterocycles. The van der Waals surface area contributed by atoms with Crippen molar-refractivity contribution in [3.8, 4) is 11.5 Å². The SMILES string of the molecule is COc1cc(C(=O)N2CCCC(C)C2)cc(N)c1OC. The van der Waals surface area contributed by atoms with E-state index < -0.39 is 0 Å². The Hall–Kier alpha value is -1.91. The van der Waals surface area contributed by atoms with E-state index in [0.717, 1.165) is 19.5 Å². The molecule has 1 aliphatic rings. The number of nitrogens with two attached hydrogens (primary N) is 1. The Morgan fingerprint density at radius 1 is 1.35 bits per heavy atom. The Kier molecular flexibility index (Phi) is 4.37. The number of likely N-dealkylation sites (tertiary alicyclic amines) is 1. The zero-order valence-corrected chi connectivity index (χ0v) is 12.3. The van der Waals surface area contributed by atoms with Gasteiger partial charge in [0, 0.05) is 18.7 Å². The van der Waals surface area contributed by atoms with Gasteiger partial charge in [0.1, 0.15) is 0 Å². The molecule has 5 nitrogen and oxygen atoms in total. The highest BCUT2D eigenvalue weighted by atomic mass is 16.5. The van der Waals surface area contributed by atoms with Gasteiger partial charge in [-0.1, -0.05) is 6.92 Å². The summed E-state index contributed by atoms with van der Waals surface area (Å²) < 4.78 is 10.4. The zero-order valence-electron chi connectivity index (χ0n) is 12.3. The Morgan fingerprint density at radius 3 is 2.70 bits per heavy atom. The summed E-state index contributed by atoms with van der Waals surface area (Å²) >= 11 is 0. The van der Waals surface area contributed by atoms with Crippen LogP contribution in [0.25, 0.3) is 0 Å². The molecule has 1 fully saturated rings. The molecule has 0 spiro atoms. The third-order valence-corrected chi connectivity index (χ3v) is 3.70. The number of carbonyl (C=O) groups is 1. The average molecular weight is 278 g/mol. The fraction of sp³-hybridized carbons (Fsp3) is 0.533. The van der Waals surface area contributed by atoms with E-state index in [-0.39, 0.29) is 5.91 Å². The summed E-state index contributed by atoms with van der Waals surface area (Å²) in [5.74, 6) is 1.51. The first kappa shape index (κ1) is 14.5. The molecule has 0 aliphatic carbocycles. The number of ether oxygens (including phenoxy) is 2. The molecule has 1 atom stereocenters. The van der Waals surface area contributed by atoms with Gasteiger partial charge in [-0.05, 0) is 30.9 Å². The highest BCUT2D eigenvalue weighted by Crippen LogP contribution is 2.35. The van der Waals surface area contributed by atoms with Gasteiger partial charge in [0.2, 0.25) is 0 Å². The summed E-state index contributed by atoms with van der Waals surface area (Å²) in [6.07, 6.45) is 2.23. The van der Waals surface area contributed by atoms with Crippen molar-refractivity contribution in [3.63, 3.8) is 0 Å². The lowest BCUT2D eigenvalue weighted by Gasteiger charge is -2.31. The number of amides is 1. The van der Waals surface area contributed by atoms with E-state index in [2.05, 4.69) is 6.92 Å². The van der Waals surface area contributed by atoms with Crippen molar-refractivity contribution < 1.29 is 14.3 Å². The van der Waals surface area contributed by atoms with E-state index in [1.165, 1.54) is 20.6 Å². The maximum absolute atomic E-state index is 12.5. The smallest absolute Gasteiger partial charge is 0.254 e. The second-order valence-electron chi connectivity index (χ2n) is 5.30. The molecule has 110 valence electrons. The summed E-state index contributed by atoms with van der Waals surface area (Å²) in [7, 11) is 3.07. The lowest BCUT2D eigenvalue weighted by Crippen LogP contribution is -2.39. The second kappa shape index (κ2) is 6.03. The third-order valence-electron chi connectivity index (χ3n) is 3.70. The van der Waals surface area contributed by atoms with Crippen LogP contribution in [-0.2, 0) is 0 Å². The van der Waals surface area contributed by atoms with Crippen LogP contribution in [-0.4, -0.2) is 38.1 Å². The van der Waals surface area contributed by atoms with Gasteiger partial charge < -0.3 is 20.1 Å². The number of anilines is 1. The first-order chi connectivity index (χ1) is 9.56. The molecule has 1 saturated heterocycles. The fourth-order valence-corrected chi connectivity index (χ4v) is 2.67. The highest BCUT2D eigenvalue weighted by Gasteiger charge is 2.23. The maximum atomic E-state index is 12.5. The molecule has 1 aromatic carbocycles. The number of benzene rings is 1. The molecule has 1 aromatic rings. The first-order valence-electron chi connectivity index (χ1n) is 6.87. The van der Waals surface area contributed by atoms with Crippen LogP contribution in [0.2, 0.25) is 0 Å². The lowest BCUT2D eigenvalue weighted by molar-refractivity contribution is 0.0682. The largest absolute Gasteiger partial charge is 0.493 e. The maximum Gasteiger partial charge on any atom is 0.254 e. The summed E-state index contributed by atoms with van der Waals surface area (Å²) in [6, 6.07) is 3.35. The second-order valence-corrected chi connectivity index (χ2v) is 5.30. The summed E-state index contributed by atoms with van der Waals surface area (Å²) in [5, 5.41) is 0. The fourth-order valence-electron chi connectivity index (χ4n) is 2.67. The minimum absolute atomic E-state index is 0.00389. The number of nitrogens with zero attached hydrogens (tertiary/aromatic N) is 1. The standard InChI is InChI=1S/C15H22N2O3/c1-10-5-4-6-17(9-10)15(18)11-7-12(16)14(20-3)13(8-11)19-2/h7-8,10H,4-6,9,16H2,1-3H3. The van der Waals surface area contributed by atoms with Gasteiger partial charge in [0.15, 0.2) is 11.5 Å². The Labute approximate surface area is 119 Å². The van der Waals surface area contributed by atoms with Gasteiger partial charge in [-0.15, -0.1) is 0 Å². The molecule has 2 N–H and O–H groups in total. The van der Waals surface area contributed by atoms with Crippen molar-refractivity contribution in [1.82, 2.24) is 4.90 Å². The van der Waals surface area contributed by atoms with Crippen LogP contribution < -0.4 is 15.2 Å². The van der Waals surface area contributed by atoms with E-state index >= 15 is 0 Å². The number of carbonyl (C=O) groups excluding carboxylic acids is 1. The number of hydrogen-bond acceptors (Lipinski definition) is 4. The van der Waals surface area contributed by atoms with Crippen LogP contribution >= 0.6 is 0 Å². The quantitative estimate of drug-likeness (QED) is 0.860. The number of methoxy groups -OCH3 is 2. The van der Waals surface area contributed by atoms with Crippen LogP contribution in [0.4, 0.5) is 5.69 Å². The summed E-state index contributed by atoms with van der Waals surface area (Å²) in [4.78, 5) is 14.4. The van der Waals surface area contributed by atoms with E-state index in [0.29, 0.717) is 28.7 Å². The first-order valence-corrected chi connectivity index (χ1v) is 6.87. The Morgan fingerprint density at radius 2 is 2.10 bits per heavy atom. The van der Waals surface area contributed by atoms with E-state index in [1.807, 2.05) is 4.90 Å². The molecule has 0 saturated carbocycles. The summed E-state index contributed by atoms with van der Waals surface area (Å²) in [6.45, 7) is 3.77. The molecule has 1 amide bonds. The normalized spacial score (nSPS) is 18.8. The zero-order chi connectivity index (χ0) is 14.7. The number of hydrogen-bond donors (Lipinski definition) is 1. The van der Waals surface area contributed by atoms with Gasteiger partial charge in [-0.25, -0.2) is 0 Å². The molecule has 0 bridgehead atoms. The molecule has 1 aliphatic heterocycles. The van der Waals surface area contributed by atoms with Gasteiger partial charge in [-0.2, -0.15) is 0 Å². The monoisotopic (exact) mass is 278 g/mol. The third kappa shape index (κ3) is 2.81. The van der Waals surface area contributed by atoms with Crippen LogP contribution in [0.1, 0.15) is 30.1 Å². The van der Waals surface area contributed by atoms with E-state index in [1.54, 1.807) is 12.1 Å². The molecule has 2 rings (SSSR count). The van der Waals surface area contributed by atoms with Crippen molar-refractivity contribution in [2.24, 2.45) is 5.92 Å². The number of piperidine rings is 1. The van der Waals surface area contributed by atoms with E-state index in [9.17, 15) is 4.79 Å². The van der Waals surface area contributed by atoms with Crippen molar-refractivity contribution in [2.45, 2.75) is 19.8 Å². The van der Waals surface area contributed by atoms with Gasteiger partial charge in [0.05, 0.1) is 19.9 Å². The minimum Gasteiger partial charge on any atom is -0.493 e. The van der Waals surface area contributed by atoms with Crippen LogP contribution in [0.15, 0.2) is 12.1 Å². The van der Waals surface area contributed by atoms with Crippen LogP contribution in [0, 0.1) is 5.92 Å². The predicted molar refractivity (Wildman–Crippen MR) is 78.3 cm³/mol. The molecule has 1 heterocycles. The summed E-state index contributed by atoms with van der Waals surface area (Å²) in [5.41, 5.74) is 6.89.